The van der Waals surface area contributed by atoms with E-state index in [1.807, 2.05) is 82.6 Å². The van der Waals surface area contributed by atoms with Crippen LogP contribution in [-0.2, 0) is 26.5 Å². The first-order valence-electron chi connectivity index (χ1n) is 19.0. The number of aliphatic hydroxyl groups excluding tert-OH is 1. The lowest BCUT2D eigenvalue weighted by Gasteiger charge is -2.39. The van der Waals surface area contributed by atoms with Crippen molar-refractivity contribution < 1.29 is 24.2 Å². The minimum absolute atomic E-state index is 0.0322. The number of ether oxygens (including phenoxy) is 2. The molecule has 0 saturated carbocycles. The summed E-state index contributed by atoms with van der Waals surface area (Å²) in [5, 5.41) is 15.5. The van der Waals surface area contributed by atoms with Gasteiger partial charge in [-0.3, -0.25) is 14.5 Å². The van der Waals surface area contributed by atoms with E-state index in [0.717, 1.165) is 59.9 Å². The zero-order valence-corrected chi connectivity index (χ0v) is 33.2. The van der Waals surface area contributed by atoms with Crippen molar-refractivity contribution in [1.82, 2.24) is 5.32 Å². The number of amides is 2. The molecule has 4 aliphatic rings. The highest BCUT2D eigenvalue weighted by atomic mass is 35.5. The summed E-state index contributed by atoms with van der Waals surface area (Å²) in [6, 6.07) is 32.2. The van der Waals surface area contributed by atoms with Gasteiger partial charge in [0.15, 0.2) is 5.60 Å². The van der Waals surface area contributed by atoms with E-state index in [1.165, 1.54) is 5.19 Å². The highest BCUT2D eigenvalue weighted by Gasteiger charge is 2.66. The maximum atomic E-state index is 15.0. The summed E-state index contributed by atoms with van der Waals surface area (Å²) >= 11 is 6.66. The number of nitrogens with zero attached hydrogens (tertiary/aromatic N) is 3. The lowest BCUT2D eigenvalue weighted by atomic mass is 9.82. The van der Waals surface area contributed by atoms with E-state index in [1.54, 1.807) is 7.11 Å². The quantitative estimate of drug-likeness (QED) is 0.190. The van der Waals surface area contributed by atoms with Gasteiger partial charge in [-0.15, -0.1) is 0 Å². The third kappa shape index (κ3) is 5.76. The minimum Gasteiger partial charge on any atom is -0.497 e. The van der Waals surface area contributed by atoms with Gasteiger partial charge in [0, 0.05) is 34.5 Å². The molecule has 0 radical (unpaired) electrons. The highest BCUT2D eigenvalue weighted by Crippen LogP contribution is 2.60. The van der Waals surface area contributed by atoms with Gasteiger partial charge in [0.05, 0.1) is 40.2 Å². The first kappa shape index (κ1) is 36.8. The predicted molar refractivity (Wildman–Crippen MR) is 216 cm³/mol. The van der Waals surface area contributed by atoms with Crippen molar-refractivity contribution in [2.45, 2.75) is 68.6 Å². The fourth-order valence-corrected chi connectivity index (χ4v) is 14.2. The second kappa shape index (κ2) is 14.1. The number of halogens is 1. The summed E-state index contributed by atoms with van der Waals surface area (Å²) in [5.41, 5.74) is 2.60. The maximum Gasteiger partial charge on any atom is 0.264 e. The number of methoxy groups -OCH3 is 1. The molecule has 54 heavy (non-hydrogen) atoms. The molecule has 0 bridgehead atoms. The van der Waals surface area contributed by atoms with Gasteiger partial charge in [0.1, 0.15) is 11.3 Å². The summed E-state index contributed by atoms with van der Waals surface area (Å²) in [4.78, 5) is 35.3. The monoisotopic (exact) mass is 764 g/mol. The van der Waals surface area contributed by atoms with E-state index in [9.17, 15) is 9.90 Å². The number of aliphatic hydroxyl groups is 1. The van der Waals surface area contributed by atoms with Gasteiger partial charge in [-0.1, -0.05) is 79.3 Å². The molecule has 4 aromatic carbocycles. The van der Waals surface area contributed by atoms with E-state index in [4.69, 9.17) is 21.1 Å². The van der Waals surface area contributed by atoms with Crippen LogP contribution in [0.15, 0.2) is 97.1 Å². The van der Waals surface area contributed by atoms with Gasteiger partial charge in [-0.25, -0.2) is 0 Å². The molecule has 3 fully saturated rings. The number of anilines is 3. The lowest BCUT2D eigenvalue weighted by molar-refractivity contribution is -0.146. The first-order valence-corrected chi connectivity index (χ1v) is 22.5. The van der Waals surface area contributed by atoms with Crippen LogP contribution in [0.4, 0.5) is 17.1 Å². The Morgan fingerprint density at radius 1 is 0.926 bits per heavy atom. The van der Waals surface area contributed by atoms with Crippen molar-refractivity contribution in [2.75, 3.05) is 48.2 Å². The number of hydrogen-bond acceptors (Lipinski definition) is 7. The SMILES string of the molecule is COc1ccc([Si](C)(C)[C@@H]2[C@@H](CCO)O[C@]3(C(=O)N(Cc4ccc(N5CN(c6ccccc6)C6(CCNCC6)C5=O)cc4)c4ccc(Cl)cc43)[C@H]2C)cc1. The van der Waals surface area contributed by atoms with Gasteiger partial charge in [0.25, 0.3) is 11.8 Å². The smallest absolute Gasteiger partial charge is 0.264 e. The normalized spacial score (nSPS) is 24.9. The second-order valence-corrected chi connectivity index (χ2v) is 20.9. The van der Waals surface area contributed by atoms with Crippen molar-refractivity contribution >= 4 is 53.7 Å². The number of carbonyl (C=O) groups is 2. The van der Waals surface area contributed by atoms with Crippen LogP contribution in [-0.4, -0.2) is 70.1 Å². The number of carbonyl (C=O) groups excluding carboxylic acids is 2. The molecule has 0 aromatic heterocycles. The number of para-hydroxylation sites is 1. The molecular weight excluding hydrogens is 716 g/mol. The molecule has 4 aliphatic heterocycles. The summed E-state index contributed by atoms with van der Waals surface area (Å²) in [5.74, 6) is 0.629. The topological polar surface area (TPSA) is 94.6 Å². The third-order valence-electron chi connectivity index (χ3n) is 12.7. The van der Waals surface area contributed by atoms with Crippen molar-refractivity contribution in [2.24, 2.45) is 5.92 Å². The molecule has 282 valence electrons. The van der Waals surface area contributed by atoms with Crippen LogP contribution in [0.1, 0.15) is 37.3 Å². The summed E-state index contributed by atoms with van der Waals surface area (Å²) in [6.45, 7) is 9.17. The molecule has 8 rings (SSSR count). The average molecular weight is 765 g/mol. The van der Waals surface area contributed by atoms with Crippen LogP contribution < -0.4 is 29.9 Å². The second-order valence-electron chi connectivity index (χ2n) is 15.8. The Morgan fingerprint density at radius 2 is 1.63 bits per heavy atom. The average Bonchev–Trinajstić information content (AvgIpc) is 3.73. The predicted octanol–water partition coefficient (Wildman–Crippen LogP) is 6.43. The van der Waals surface area contributed by atoms with Gasteiger partial charge in [0.2, 0.25) is 0 Å². The Morgan fingerprint density at radius 3 is 2.30 bits per heavy atom. The number of piperidine rings is 1. The number of hydrogen-bond donors (Lipinski definition) is 2. The Hall–Kier alpha value is -4.19. The van der Waals surface area contributed by atoms with Crippen LogP contribution in [0.2, 0.25) is 23.7 Å². The third-order valence-corrected chi connectivity index (χ3v) is 17.3. The first-order chi connectivity index (χ1) is 26.0. The molecule has 3 saturated heterocycles. The fraction of sp³-hybridized carbons (Fsp3) is 0.395. The highest BCUT2D eigenvalue weighted by molar-refractivity contribution is 6.91. The minimum atomic E-state index is -2.30. The van der Waals surface area contributed by atoms with Crippen LogP contribution in [0.5, 0.6) is 5.75 Å². The number of benzene rings is 4. The van der Waals surface area contributed by atoms with E-state index >= 15 is 4.79 Å². The zero-order valence-electron chi connectivity index (χ0n) is 31.4. The molecule has 4 heterocycles. The molecule has 4 atom stereocenters. The van der Waals surface area contributed by atoms with Crippen LogP contribution in [0.25, 0.3) is 0 Å². The van der Waals surface area contributed by atoms with Crippen molar-refractivity contribution in [3.63, 3.8) is 0 Å². The Kier molecular flexibility index (Phi) is 9.63. The van der Waals surface area contributed by atoms with Crippen LogP contribution >= 0.6 is 11.6 Å². The maximum absolute atomic E-state index is 15.0. The van der Waals surface area contributed by atoms with Crippen LogP contribution in [0, 0.1) is 5.92 Å². The van der Waals surface area contributed by atoms with Gasteiger partial charge < -0.3 is 29.7 Å². The summed E-state index contributed by atoms with van der Waals surface area (Å²) < 4.78 is 12.5. The fourth-order valence-electron chi connectivity index (χ4n) is 9.97. The van der Waals surface area contributed by atoms with E-state index in [-0.39, 0.29) is 36.0 Å². The zero-order chi connectivity index (χ0) is 37.8. The van der Waals surface area contributed by atoms with Gasteiger partial charge in [-0.05, 0) is 98.1 Å². The van der Waals surface area contributed by atoms with Crippen molar-refractivity contribution in [3.8, 4) is 5.75 Å². The Bertz CT molecular complexity index is 2020. The lowest BCUT2D eigenvalue weighted by Crippen LogP contribution is -2.55. The van der Waals surface area contributed by atoms with E-state index in [0.29, 0.717) is 24.7 Å². The van der Waals surface area contributed by atoms with Crippen molar-refractivity contribution in [3.05, 3.63) is 113 Å². The molecule has 4 aromatic rings. The number of fused-ring (bicyclic) bond motifs is 2. The number of rotatable bonds is 9. The molecule has 0 unspecified atom stereocenters. The van der Waals surface area contributed by atoms with Crippen LogP contribution in [0.3, 0.4) is 0 Å². The molecule has 2 amide bonds. The summed E-state index contributed by atoms with van der Waals surface area (Å²) in [7, 11) is -0.636. The standard InChI is InChI=1S/C43H49ClN4O5Si/c1-29-39(54(3,4)35-17-15-34(52-2)16-18-35)38(20-25-49)53-43(29)36-26-31(44)12-19-37(36)46(41(43)51)27-30-10-13-32(14-11-30)47-28-48(33-8-6-5-7-9-33)42(40(47)50)21-23-45-24-22-42/h5-19,26,29,38-39,45,49H,20-25,27-28H2,1-4H3/t29-,38+,39-,43+/m0/s1. The molecule has 2 spiro atoms. The largest absolute Gasteiger partial charge is 0.497 e. The number of nitrogens with one attached hydrogen (secondary N) is 1. The van der Waals surface area contributed by atoms with Gasteiger partial charge in [-0.2, -0.15) is 0 Å². The van der Waals surface area contributed by atoms with Gasteiger partial charge >= 0.3 is 0 Å². The Labute approximate surface area is 323 Å². The van der Waals surface area contributed by atoms with E-state index < -0.39 is 19.2 Å². The van der Waals surface area contributed by atoms with Crippen molar-refractivity contribution in [1.29, 1.82) is 0 Å². The molecule has 2 N–H and O–H groups in total. The molecule has 11 heteroatoms. The van der Waals surface area contributed by atoms with E-state index in [2.05, 4.69) is 54.5 Å². The summed E-state index contributed by atoms with van der Waals surface area (Å²) in [6.07, 6.45) is 1.61. The molecule has 0 aliphatic carbocycles. The molecule has 9 nitrogen and oxygen atoms in total. The Balaban J connectivity index is 1.09. The molecular formula is C43H49ClN4O5Si.